The van der Waals surface area contributed by atoms with Crippen molar-refractivity contribution >= 4 is 11.7 Å². The molecular formula is C19H24N4O3. The van der Waals surface area contributed by atoms with Crippen LogP contribution in [0.4, 0.5) is 5.82 Å². The topological polar surface area (TPSA) is 76.6 Å². The summed E-state index contributed by atoms with van der Waals surface area (Å²) in [6.45, 7) is 7.19. The van der Waals surface area contributed by atoms with E-state index in [0.29, 0.717) is 24.8 Å². The number of amides is 1. The molecule has 1 aliphatic heterocycles. The molecule has 7 nitrogen and oxygen atoms in total. The van der Waals surface area contributed by atoms with Crippen LogP contribution in [0.15, 0.2) is 30.3 Å². The fraction of sp³-hybridized carbons (Fsp3) is 0.421. The van der Waals surface area contributed by atoms with Gasteiger partial charge < -0.3 is 19.7 Å². The molecule has 0 bridgehead atoms. The highest BCUT2D eigenvalue weighted by molar-refractivity contribution is 5.77. The molecule has 0 radical (unpaired) electrons. The van der Waals surface area contributed by atoms with Crippen LogP contribution in [0.1, 0.15) is 17.1 Å². The van der Waals surface area contributed by atoms with Gasteiger partial charge in [-0.1, -0.05) is 17.7 Å². The average Bonchev–Trinajstić information content (AvgIpc) is 2.66. The first-order valence-corrected chi connectivity index (χ1v) is 8.73. The Bertz CT molecular complexity index is 743. The van der Waals surface area contributed by atoms with Crippen molar-refractivity contribution in [2.45, 2.75) is 20.4 Å². The lowest BCUT2D eigenvalue weighted by Gasteiger charge is -2.28. The van der Waals surface area contributed by atoms with Crippen molar-refractivity contribution in [2.24, 2.45) is 0 Å². The SMILES string of the molecule is Cc1ccc(OCC(=O)NCc2nc(C)cc(N3CCOCC3)n2)cc1. The smallest absolute Gasteiger partial charge is 0.258 e. The molecule has 1 aromatic carbocycles. The first-order valence-electron chi connectivity index (χ1n) is 8.73. The minimum atomic E-state index is -0.205. The molecule has 3 rings (SSSR count). The predicted octanol–water partition coefficient (Wildman–Crippen LogP) is 1.63. The van der Waals surface area contributed by atoms with Crippen molar-refractivity contribution in [1.82, 2.24) is 15.3 Å². The third kappa shape index (κ3) is 5.16. The molecule has 1 amide bonds. The number of ether oxygens (including phenoxy) is 2. The number of anilines is 1. The zero-order valence-electron chi connectivity index (χ0n) is 15.2. The van der Waals surface area contributed by atoms with E-state index in [2.05, 4.69) is 20.2 Å². The summed E-state index contributed by atoms with van der Waals surface area (Å²) >= 11 is 0. The van der Waals surface area contributed by atoms with Gasteiger partial charge in [-0.25, -0.2) is 9.97 Å². The maximum Gasteiger partial charge on any atom is 0.258 e. The first kappa shape index (κ1) is 18.1. The van der Waals surface area contributed by atoms with E-state index in [-0.39, 0.29) is 19.1 Å². The van der Waals surface area contributed by atoms with Crippen LogP contribution >= 0.6 is 0 Å². The van der Waals surface area contributed by atoms with E-state index >= 15 is 0 Å². The van der Waals surface area contributed by atoms with Crippen LogP contribution in [-0.4, -0.2) is 48.8 Å². The van der Waals surface area contributed by atoms with E-state index in [1.165, 1.54) is 0 Å². The highest BCUT2D eigenvalue weighted by Crippen LogP contribution is 2.14. The summed E-state index contributed by atoms with van der Waals surface area (Å²) in [5.74, 6) is 1.94. The fourth-order valence-electron chi connectivity index (χ4n) is 2.66. The Morgan fingerprint density at radius 1 is 1.19 bits per heavy atom. The van der Waals surface area contributed by atoms with E-state index in [1.807, 2.05) is 44.2 Å². The number of nitrogens with one attached hydrogen (secondary N) is 1. The summed E-state index contributed by atoms with van der Waals surface area (Å²) < 4.78 is 10.9. The Balaban J connectivity index is 1.52. The largest absolute Gasteiger partial charge is 0.484 e. The average molecular weight is 356 g/mol. The van der Waals surface area contributed by atoms with Gasteiger partial charge in [0.05, 0.1) is 19.8 Å². The van der Waals surface area contributed by atoms with Gasteiger partial charge in [0.25, 0.3) is 5.91 Å². The Morgan fingerprint density at radius 2 is 1.92 bits per heavy atom. The van der Waals surface area contributed by atoms with Crippen LogP contribution in [-0.2, 0) is 16.1 Å². The van der Waals surface area contributed by atoms with E-state index in [0.717, 1.165) is 30.2 Å². The molecule has 7 heteroatoms. The van der Waals surface area contributed by atoms with Gasteiger partial charge in [0.15, 0.2) is 6.61 Å². The van der Waals surface area contributed by atoms with Crippen molar-refractivity contribution in [3.8, 4) is 5.75 Å². The van der Waals surface area contributed by atoms with Crippen LogP contribution in [0.2, 0.25) is 0 Å². The fourth-order valence-corrected chi connectivity index (χ4v) is 2.66. The maximum absolute atomic E-state index is 12.0. The molecule has 1 saturated heterocycles. The van der Waals surface area contributed by atoms with Crippen molar-refractivity contribution in [3.63, 3.8) is 0 Å². The van der Waals surface area contributed by atoms with Crippen LogP contribution in [0.3, 0.4) is 0 Å². The van der Waals surface area contributed by atoms with Crippen molar-refractivity contribution in [1.29, 1.82) is 0 Å². The molecule has 0 aliphatic carbocycles. The van der Waals surface area contributed by atoms with Gasteiger partial charge in [-0.3, -0.25) is 4.79 Å². The number of carbonyl (C=O) groups is 1. The minimum absolute atomic E-state index is 0.0365. The predicted molar refractivity (Wildman–Crippen MR) is 98.3 cm³/mol. The molecule has 1 aliphatic rings. The lowest BCUT2D eigenvalue weighted by atomic mass is 10.2. The summed E-state index contributed by atoms with van der Waals surface area (Å²) in [7, 11) is 0. The minimum Gasteiger partial charge on any atom is -0.484 e. The van der Waals surface area contributed by atoms with Crippen LogP contribution in [0, 0.1) is 13.8 Å². The Hall–Kier alpha value is -2.67. The van der Waals surface area contributed by atoms with Gasteiger partial charge in [-0.05, 0) is 26.0 Å². The molecule has 1 fully saturated rings. The van der Waals surface area contributed by atoms with Crippen LogP contribution in [0.25, 0.3) is 0 Å². The number of morpholine rings is 1. The number of nitrogens with zero attached hydrogens (tertiary/aromatic N) is 3. The molecule has 1 aromatic heterocycles. The number of aromatic nitrogens is 2. The highest BCUT2D eigenvalue weighted by atomic mass is 16.5. The van der Waals surface area contributed by atoms with Gasteiger partial charge in [0, 0.05) is 24.8 Å². The second kappa shape index (κ2) is 8.62. The molecule has 2 heterocycles. The monoisotopic (exact) mass is 356 g/mol. The second-order valence-electron chi connectivity index (χ2n) is 6.26. The van der Waals surface area contributed by atoms with Gasteiger partial charge in [-0.2, -0.15) is 0 Å². The standard InChI is InChI=1S/C19H24N4O3/c1-14-3-5-16(6-4-14)26-13-19(24)20-12-17-21-15(2)11-18(22-17)23-7-9-25-10-8-23/h3-6,11H,7-10,12-13H2,1-2H3,(H,20,24). The van der Waals surface area contributed by atoms with E-state index in [4.69, 9.17) is 9.47 Å². The quantitative estimate of drug-likeness (QED) is 0.848. The van der Waals surface area contributed by atoms with Crippen molar-refractivity contribution in [3.05, 3.63) is 47.4 Å². The summed E-state index contributed by atoms with van der Waals surface area (Å²) in [4.78, 5) is 23.1. The number of aryl methyl sites for hydroxylation is 2. The summed E-state index contributed by atoms with van der Waals surface area (Å²) in [5, 5.41) is 2.81. The molecule has 0 spiro atoms. The third-order valence-electron chi connectivity index (χ3n) is 4.06. The zero-order valence-corrected chi connectivity index (χ0v) is 15.2. The molecule has 0 unspecified atom stereocenters. The van der Waals surface area contributed by atoms with Crippen molar-refractivity contribution < 1.29 is 14.3 Å². The van der Waals surface area contributed by atoms with Gasteiger partial charge in [-0.15, -0.1) is 0 Å². The molecule has 0 atom stereocenters. The first-order chi connectivity index (χ1) is 12.6. The highest BCUT2D eigenvalue weighted by Gasteiger charge is 2.14. The molecule has 138 valence electrons. The summed E-state index contributed by atoms with van der Waals surface area (Å²) in [5.41, 5.74) is 2.02. The Kier molecular flexibility index (Phi) is 6.01. The van der Waals surface area contributed by atoms with E-state index < -0.39 is 0 Å². The van der Waals surface area contributed by atoms with E-state index in [9.17, 15) is 4.79 Å². The van der Waals surface area contributed by atoms with Gasteiger partial charge in [0.1, 0.15) is 17.4 Å². The molecule has 1 N–H and O–H groups in total. The zero-order chi connectivity index (χ0) is 18.4. The number of hydrogen-bond acceptors (Lipinski definition) is 6. The lowest BCUT2D eigenvalue weighted by Crippen LogP contribution is -2.37. The normalized spacial score (nSPS) is 14.2. The summed E-state index contributed by atoms with van der Waals surface area (Å²) in [6.07, 6.45) is 0. The van der Waals surface area contributed by atoms with Gasteiger partial charge >= 0.3 is 0 Å². The molecule has 2 aromatic rings. The molecule has 26 heavy (non-hydrogen) atoms. The number of hydrogen-bond donors (Lipinski definition) is 1. The Morgan fingerprint density at radius 3 is 2.65 bits per heavy atom. The third-order valence-corrected chi connectivity index (χ3v) is 4.06. The molecular weight excluding hydrogens is 332 g/mol. The number of carbonyl (C=O) groups excluding carboxylic acids is 1. The van der Waals surface area contributed by atoms with Crippen molar-refractivity contribution in [2.75, 3.05) is 37.8 Å². The van der Waals surface area contributed by atoms with Crippen LogP contribution < -0.4 is 15.0 Å². The summed E-state index contributed by atoms with van der Waals surface area (Å²) in [6, 6.07) is 9.54. The van der Waals surface area contributed by atoms with Crippen LogP contribution in [0.5, 0.6) is 5.75 Å². The number of rotatable bonds is 6. The van der Waals surface area contributed by atoms with Gasteiger partial charge in [0.2, 0.25) is 0 Å². The Labute approximate surface area is 153 Å². The molecule has 0 saturated carbocycles. The maximum atomic E-state index is 12.0. The van der Waals surface area contributed by atoms with E-state index in [1.54, 1.807) is 0 Å². The number of benzene rings is 1. The lowest BCUT2D eigenvalue weighted by molar-refractivity contribution is -0.123. The second-order valence-corrected chi connectivity index (χ2v) is 6.26.